The zero-order chi connectivity index (χ0) is 24.9. The van der Waals surface area contributed by atoms with Crippen LogP contribution in [0.1, 0.15) is 67.9 Å². The van der Waals surface area contributed by atoms with Crippen molar-refractivity contribution >= 4 is 0 Å². The van der Waals surface area contributed by atoms with Crippen molar-refractivity contribution in [2.75, 3.05) is 19.6 Å². The van der Waals surface area contributed by atoms with E-state index in [9.17, 15) is 10.2 Å². The van der Waals surface area contributed by atoms with Gasteiger partial charge in [0.15, 0.2) is 0 Å². The summed E-state index contributed by atoms with van der Waals surface area (Å²) in [5, 5.41) is 22.7. The number of aliphatic hydroxyl groups excluding tert-OH is 1. The van der Waals surface area contributed by atoms with Crippen molar-refractivity contribution in [1.29, 1.82) is 0 Å². The van der Waals surface area contributed by atoms with Crippen molar-refractivity contribution < 1.29 is 10.2 Å². The minimum absolute atomic E-state index is 0.166. The number of hydrogen-bond donors (Lipinski definition) is 3. The maximum absolute atomic E-state index is 12.1. The van der Waals surface area contributed by atoms with E-state index in [-0.39, 0.29) is 11.5 Å². The van der Waals surface area contributed by atoms with Gasteiger partial charge in [-0.3, -0.25) is 0 Å². The van der Waals surface area contributed by atoms with E-state index in [1.54, 1.807) is 0 Å². The van der Waals surface area contributed by atoms with Crippen molar-refractivity contribution in [3.63, 3.8) is 0 Å². The topological polar surface area (TPSA) is 69.7 Å². The molecule has 0 aromatic heterocycles. The number of nitrogens with zero attached hydrogens (tertiary/aromatic N) is 1. The van der Waals surface area contributed by atoms with E-state index in [0.29, 0.717) is 0 Å². The summed E-state index contributed by atoms with van der Waals surface area (Å²) >= 11 is 0. The van der Waals surface area contributed by atoms with Gasteiger partial charge in [0.1, 0.15) is 5.60 Å². The quantitative estimate of drug-likeness (QED) is 0.393. The van der Waals surface area contributed by atoms with Gasteiger partial charge >= 0.3 is 0 Å². The minimum atomic E-state index is -0.977. The monoisotopic (exact) mass is 472 g/mol. The van der Waals surface area contributed by atoms with Crippen LogP contribution in [0, 0.1) is 5.92 Å². The second-order valence-corrected chi connectivity index (χ2v) is 10.6. The molecule has 0 radical (unpaired) electrons. The van der Waals surface area contributed by atoms with Crippen LogP contribution in [0.3, 0.4) is 0 Å². The van der Waals surface area contributed by atoms with Gasteiger partial charge in [0.05, 0.1) is 6.10 Å². The molecular formula is C31H40N2O2. The number of nitrogens with two attached hydrogens (primary N) is 1. The molecule has 0 spiro atoms. The van der Waals surface area contributed by atoms with E-state index in [4.69, 9.17) is 5.73 Å². The van der Waals surface area contributed by atoms with Gasteiger partial charge < -0.3 is 20.8 Å². The van der Waals surface area contributed by atoms with Gasteiger partial charge in [-0.05, 0) is 87.3 Å². The molecular weight excluding hydrogens is 432 g/mol. The molecule has 1 aliphatic rings. The van der Waals surface area contributed by atoms with E-state index in [1.165, 1.54) is 0 Å². The summed E-state index contributed by atoms with van der Waals surface area (Å²) in [5.74, 6) is 0.166. The van der Waals surface area contributed by atoms with Crippen molar-refractivity contribution in [3.8, 4) is 0 Å². The Labute approximate surface area is 210 Å². The summed E-state index contributed by atoms with van der Waals surface area (Å²) in [6, 6.07) is 28.2. The lowest BCUT2D eigenvalue weighted by Gasteiger charge is -2.42. The van der Waals surface area contributed by atoms with Crippen LogP contribution in [0.5, 0.6) is 0 Å². The molecule has 0 saturated carbocycles. The third-order valence-electron chi connectivity index (χ3n) is 7.60. The predicted molar refractivity (Wildman–Crippen MR) is 143 cm³/mol. The third-order valence-corrected chi connectivity index (χ3v) is 7.60. The van der Waals surface area contributed by atoms with E-state index in [2.05, 4.69) is 4.90 Å². The zero-order valence-corrected chi connectivity index (χ0v) is 21.1. The van der Waals surface area contributed by atoms with Crippen molar-refractivity contribution in [3.05, 3.63) is 107 Å². The Kier molecular flexibility index (Phi) is 8.08. The van der Waals surface area contributed by atoms with Gasteiger partial charge in [-0.15, -0.1) is 0 Å². The predicted octanol–water partition coefficient (Wildman–Crippen LogP) is 5.34. The van der Waals surface area contributed by atoms with Crippen LogP contribution in [0.4, 0.5) is 0 Å². The maximum atomic E-state index is 12.1. The summed E-state index contributed by atoms with van der Waals surface area (Å²) < 4.78 is 0. The Hall–Kier alpha value is -2.50. The molecule has 3 aromatic rings. The minimum Gasteiger partial charge on any atom is -0.388 e. The molecule has 1 unspecified atom stereocenters. The summed E-state index contributed by atoms with van der Waals surface area (Å²) in [5.41, 5.74) is 8.78. The van der Waals surface area contributed by atoms with E-state index < -0.39 is 11.7 Å². The highest BCUT2D eigenvalue weighted by Gasteiger charge is 2.41. The first kappa shape index (κ1) is 25.6. The van der Waals surface area contributed by atoms with Crippen LogP contribution < -0.4 is 5.73 Å². The van der Waals surface area contributed by atoms with Crippen LogP contribution in [-0.4, -0.2) is 34.7 Å². The molecule has 35 heavy (non-hydrogen) atoms. The number of aliphatic hydroxyl groups is 2. The average molecular weight is 473 g/mol. The van der Waals surface area contributed by atoms with Gasteiger partial charge in [0.2, 0.25) is 0 Å². The molecule has 1 heterocycles. The first-order chi connectivity index (χ1) is 16.8. The largest absolute Gasteiger partial charge is 0.388 e. The second-order valence-electron chi connectivity index (χ2n) is 10.6. The summed E-state index contributed by atoms with van der Waals surface area (Å²) in [6.07, 6.45) is 3.11. The van der Waals surface area contributed by atoms with E-state index >= 15 is 0 Å². The standard InChI is InChI=1S/C31H40N2O2/c1-30(2,32)25-17-15-24(16-18-25)29(34)14-9-21-33-22-19-28(20-23-33)31(35,26-10-5-3-6-11-26)27-12-7-4-8-13-27/h3-8,10-13,15-18,28-29,34-35H,9,14,19-23,32H2,1-2H3. The van der Waals surface area contributed by atoms with Gasteiger partial charge in [-0.25, -0.2) is 0 Å². The Morgan fingerprint density at radius 3 is 1.83 bits per heavy atom. The maximum Gasteiger partial charge on any atom is 0.117 e. The lowest BCUT2D eigenvalue weighted by molar-refractivity contribution is -0.0146. The molecule has 1 aliphatic heterocycles. The van der Waals surface area contributed by atoms with Gasteiger partial charge in [0, 0.05) is 5.54 Å². The third kappa shape index (κ3) is 6.02. The Bertz CT molecular complexity index is 997. The van der Waals surface area contributed by atoms with E-state index in [1.807, 2.05) is 98.8 Å². The number of likely N-dealkylation sites (tertiary alicyclic amines) is 1. The summed E-state index contributed by atoms with van der Waals surface area (Å²) in [4.78, 5) is 2.47. The highest BCUT2D eigenvalue weighted by atomic mass is 16.3. The summed E-state index contributed by atoms with van der Waals surface area (Å²) in [6.45, 7) is 6.86. The average Bonchev–Trinajstić information content (AvgIpc) is 2.89. The highest BCUT2D eigenvalue weighted by molar-refractivity contribution is 5.37. The molecule has 1 fully saturated rings. The van der Waals surface area contributed by atoms with Crippen LogP contribution in [0.25, 0.3) is 0 Å². The fourth-order valence-corrected chi connectivity index (χ4v) is 5.41. The highest BCUT2D eigenvalue weighted by Crippen LogP contribution is 2.42. The smallest absolute Gasteiger partial charge is 0.117 e. The van der Waals surface area contributed by atoms with Crippen LogP contribution in [0.2, 0.25) is 0 Å². The molecule has 4 nitrogen and oxygen atoms in total. The second kappa shape index (κ2) is 11.0. The van der Waals surface area contributed by atoms with Crippen molar-refractivity contribution in [2.24, 2.45) is 11.7 Å². The number of hydrogen-bond acceptors (Lipinski definition) is 4. The molecule has 0 aliphatic carbocycles. The molecule has 3 aromatic carbocycles. The van der Waals surface area contributed by atoms with Gasteiger partial charge in [-0.1, -0.05) is 84.9 Å². The van der Waals surface area contributed by atoms with Gasteiger partial charge in [0.25, 0.3) is 0 Å². The number of piperidine rings is 1. The molecule has 1 saturated heterocycles. The molecule has 0 amide bonds. The lowest BCUT2D eigenvalue weighted by atomic mass is 9.72. The van der Waals surface area contributed by atoms with Gasteiger partial charge in [-0.2, -0.15) is 0 Å². The van der Waals surface area contributed by atoms with Crippen molar-refractivity contribution in [2.45, 2.75) is 56.8 Å². The SMILES string of the molecule is CC(C)(N)c1ccc(C(O)CCCN2CCC(C(O)(c3ccccc3)c3ccccc3)CC2)cc1. The number of rotatable bonds is 9. The van der Waals surface area contributed by atoms with Crippen LogP contribution in [-0.2, 0) is 11.1 Å². The normalized spacial score (nSPS) is 16.8. The Morgan fingerprint density at radius 1 is 0.829 bits per heavy atom. The molecule has 0 bridgehead atoms. The Morgan fingerprint density at radius 2 is 1.34 bits per heavy atom. The van der Waals surface area contributed by atoms with Crippen LogP contribution >= 0.6 is 0 Å². The first-order valence-corrected chi connectivity index (χ1v) is 12.9. The zero-order valence-electron chi connectivity index (χ0n) is 21.1. The molecule has 186 valence electrons. The number of benzene rings is 3. The lowest BCUT2D eigenvalue weighted by Crippen LogP contribution is -2.44. The molecule has 4 N–H and O–H groups in total. The Balaban J connectivity index is 1.32. The molecule has 4 heteroatoms. The fraction of sp³-hybridized carbons (Fsp3) is 0.419. The molecule has 4 rings (SSSR count). The first-order valence-electron chi connectivity index (χ1n) is 12.9. The fourth-order valence-electron chi connectivity index (χ4n) is 5.41. The van der Waals surface area contributed by atoms with E-state index in [0.717, 1.165) is 67.6 Å². The molecule has 1 atom stereocenters. The van der Waals surface area contributed by atoms with Crippen LogP contribution in [0.15, 0.2) is 84.9 Å². The van der Waals surface area contributed by atoms with Crippen molar-refractivity contribution in [1.82, 2.24) is 4.90 Å². The summed E-state index contributed by atoms with van der Waals surface area (Å²) in [7, 11) is 0.